The second-order valence-corrected chi connectivity index (χ2v) is 6.96. The molecule has 0 N–H and O–H groups in total. The van der Waals surface area contributed by atoms with Crippen LogP contribution in [0.3, 0.4) is 0 Å². The summed E-state index contributed by atoms with van der Waals surface area (Å²) >= 11 is 0. The van der Waals surface area contributed by atoms with Gasteiger partial charge in [-0.1, -0.05) is 5.16 Å². The molecule has 1 heterocycles. The van der Waals surface area contributed by atoms with Gasteiger partial charge in [0.1, 0.15) is 5.60 Å². The fourth-order valence-electron chi connectivity index (χ4n) is 1.49. The van der Waals surface area contributed by atoms with E-state index in [2.05, 4.69) is 9.44 Å². The third kappa shape index (κ3) is 6.42. The molecule has 1 amide bonds. The van der Waals surface area contributed by atoms with Gasteiger partial charge in [0, 0.05) is 25.9 Å². The van der Waals surface area contributed by atoms with Gasteiger partial charge in [0.2, 0.25) is 0 Å². The van der Waals surface area contributed by atoms with Crippen LogP contribution < -0.4 is 0 Å². The Hall–Kier alpha value is -1.31. The van der Waals surface area contributed by atoms with Gasteiger partial charge in [-0.2, -0.15) is 8.42 Å². The van der Waals surface area contributed by atoms with Crippen molar-refractivity contribution in [2.24, 2.45) is 5.16 Å². The molecular formula is C11H20N2O5S. The molecular weight excluding hydrogens is 272 g/mol. The van der Waals surface area contributed by atoms with Crippen molar-refractivity contribution >= 4 is 21.9 Å². The minimum absolute atomic E-state index is 0.365. The lowest BCUT2D eigenvalue weighted by Crippen LogP contribution is -2.41. The molecule has 110 valence electrons. The second kappa shape index (κ2) is 5.77. The SMILES string of the molecule is CC(C)(C)OC(=O)N1CCC(=NOS(C)(=O)=O)CC1. The van der Waals surface area contributed by atoms with E-state index in [1.165, 1.54) is 0 Å². The smallest absolute Gasteiger partial charge is 0.410 e. The highest BCUT2D eigenvalue weighted by Crippen LogP contribution is 2.14. The molecule has 0 aliphatic carbocycles. The Bertz CT molecular complexity index is 454. The second-order valence-electron chi connectivity index (χ2n) is 5.40. The highest BCUT2D eigenvalue weighted by atomic mass is 32.2. The normalized spacial score (nSPS) is 17.1. The van der Waals surface area contributed by atoms with E-state index in [9.17, 15) is 13.2 Å². The fraction of sp³-hybridized carbons (Fsp3) is 0.818. The van der Waals surface area contributed by atoms with Crippen LogP contribution in [0.25, 0.3) is 0 Å². The first kappa shape index (κ1) is 15.7. The molecule has 1 aliphatic rings. The molecule has 0 aromatic rings. The van der Waals surface area contributed by atoms with Gasteiger partial charge in [0.15, 0.2) is 0 Å². The van der Waals surface area contributed by atoms with Crippen molar-refractivity contribution in [1.29, 1.82) is 0 Å². The van der Waals surface area contributed by atoms with Gasteiger partial charge < -0.3 is 9.64 Å². The van der Waals surface area contributed by atoms with Crippen LogP contribution >= 0.6 is 0 Å². The van der Waals surface area contributed by atoms with Crippen molar-refractivity contribution in [3.8, 4) is 0 Å². The number of carbonyl (C=O) groups is 1. The van der Waals surface area contributed by atoms with Gasteiger partial charge in [-0.3, -0.25) is 4.28 Å². The van der Waals surface area contributed by atoms with Crippen LogP contribution in [0.2, 0.25) is 0 Å². The predicted molar refractivity (Wildman–Crippen MR) is 70.4 cm³/mol. The maximum Gasteiger partial charge on any atom is 0.410 e. The lowest BCUT2D eigenvalue weighted by Gasteiger charge is -2.30. The van der Waals surface area contributed by atoms with Crippen molar-refractivity contribution < 1.29 is 22.2 Å². The van der Waals surface area contributed by atoms with E-state index in [1.54, 1.807) is 4.90 Å². The summed E-state index contributed by atoms with van der Waals surface area (Å²) in [6, 6.07) is 0. The van der Waals surface area contributed by atoms with E-state index in [1.807, 2.05) is 20.8 Å². The first-order valence-electron chi connectivity index (χ1n) is 5.99. The molecule has 1 rings (SSSR count). The van der Waals surface area contributed by atoms with Crippen LogP contribution in [-0.2, 0) is 19.1 Å². The molecule has 0 radical (unpaired) electrons. The zero-order valence-electron chi connectivity index (χ0n) is 11.7. The molecule has 19 heavy (non-hydrogen) atoms. The first-order chi connectivity index (χ1) is 8.57. The number of hydrogen-bond acceptors (Lipinski definition) is 6. The number of piperidine rings is 1. The first-order valence-corrected chi connectivity index (χ1v) is 7.81. The van der Waals surface area contributed by atoms with E-state index in [-0.39, 0.29) is 6.09 Å². The molecule has 0 unspecified atom stereocenters. The molecule has 7 nitrogen and oxygen atoms in total. The highest BCUT2D eigenvalue weighted by Gasteiger charge is 2.25. The van der Waals surface area contributed by atoms with E-state index >= 15 is 0 Å². The number of oxime groups is 1. The number of rotatable bonds is 2. The average molecular weight is 292 g/mol. The summed E-state index contributed by atoms with van der Waals surface area (Å²) in [5.74, 6) is 0. The van der Waals surface area contributed by atoms with Crippen molar-refractivity contribution in [2.75, 3.05) is 19.3 Å². The average Bonchev–Trinajstić information content (AvgIpc) is 2.23. The maximum atomic E-state index is 11.8. The Morgan fingerprint density at radius 3 is 2.21 bits per heavy atom. The quantitative estimate of drug-likeness (QED) is 0.717. The molecule has 8 heteroatoms. The van der Waals surface area contributed by atoms with Gasteiger partial charge in [-0.15, -0.1) is 0 Å². The molecule has 0 aromatic heterocycles. The Labute approximate surface area is 113 Å². The maximum absolute atomic E-state index is 11.8. The summed E-state index contributed by atoms with van der Waals surface area (Å²) in [5.41, 5.74) is 0.107. The third-order valence-electron chi connectivity index (χ3n) is 2.29. The van der Waals surface area contributed by atoms with Crippen molar-refractivity contribution in [1.82, 2.24) is 4.90 Å². The zero-order valence-corrected chi connectivity index (χ0v) is 12.5. The standard InChI is InChI=1S/C11H20N2O5S/c1-11(2,3)17-10(14)13-7-5-9(6-8-13)12-18-19(4,15)16/h5-8H2,1-4H3. The van der Waals surface area contributed by atoms with Crippen molar-refractivity contribution in [3.05, 3.63) is 0 Å². The molecule has 0 bridgehead atoms. The summed E-state index contributed by atoms with van der Waals surface area (Å²) < 4.78 is 31.2. The Morgan fingerprint density at radius 1 is 1.26 bits per heavy atom. The number of carbonyl (C=O) groups excluding carboxylic acids is 1. The summed E-state index contributed by atoms with van der Waals surface area (Å²) in [4.78, 5) is 13.3. The minimum atomic E-state index is -3.57. The van der Waals surface area contributed by atoms with Crippen molar-refractivity contribution in [2.45, 2.75) is 39.2 Å². The fourth-order valence-corrected chi connectivity index (χ4v) is 1.73. The summed E-state index contributed by atoms with van der Waals surface area (Å²) in [6.45, 7) is 6.31. The van der Waals surface area contributed by atoms with E-state index in [4.69, 9.17) is 4.74 Å². The molecule has 1 saturated heterocycles. The summed E-state index contributed by atoms with van der Waals surface area (Å²) in [6.07, 6.45) is 1.53. The topological polar surface area (TPSA) is 85.3 Å². The van der Waals surface area contributed by atoms with Crippen LogP contribution in [0.4, 0.5) is 4.79 Å². The predicted octanol–water partition coefficient (Wildman–Crippen LogP) is 1.35. The minimum Gasteiger partial charge on any atom is -0.444 e. The van der Waals surface area contributed by atoms with Crippen LogP contribution in [-0.4, -0.2) is 50.1 Å². The van der Waals surface area contributed by atoms with Gasteiger partial charge in [0.25, 0.3) is 0 Å². The zero-order chi connectivity index (χ0) is 14.7. The Kier molecular flexibility index (Phi) is 4.78. The van der Waals surface area contributed by atoms with Crippen LogP contribution in [0.1, 0.15) is 33.6 Å². The van der Waals surface area contributed by atoms with Gasteiger partial charge in [-0.25, -0.2) is 4.79 Å². The van der Waals surface area contributed by atoms with Crippen LogP contribution in [0.15, 0.2) is 5.16 Å². The summed E-state index contributed by atoms with van der Waals surface area (Å²) in [7, 11) is -3.57. The van der Waals surface area contributed by atoms with Gasteiger partial charge in [-0.05, 0) is 20.8 Å². The molecule has 0 aromatic carbocycles. The number of nitrogens with zero attached hydrogens (tertiary/aromatic N) is 2. The van der Waals surface area contributed by atoms with Crippen LogP contribution in [0, 0.1) is 0 Å². The number of hydrogen-bond donors (Lipinski definition) is 0. The van der Waals surface area contributed by atoms with Gasteiger partial charge in [0.05, 0.1) is 12.0 Å². The number of ether oxygens (including phenoxy) is 1. The van der Waals surface area contributed by atoms with Crippen LogP contribution in [0.5, 0.6) is 0 Å². The number of likely N-dealkylation sites (tertiary alicyclic amines) is 1. The molecule has 1 aliphatic heterocycles. The largest absolute Gasteiger partial charge is 0.444 e. The molecule has 0 spiro atoms. The highest BCUT2D eigenvalue weighted by molar-refractivity contribution is 7.85. The molecule has 1 fully saturated rings. The summed E-state index contributed by atoms with van der Waals surface area (Å²) in [5, 5.41) is 3.57. The third-order valence-corrected chi connectivity index (χ3v) is 2.64. The van der Waals surface area contributed by atoms with E-state index < -0.39 is 15.7 Å². The van der Waals surface area contributed by atoms with Crippen molar-refractivity contribution in [3.63, 3.8) is 0 Å². The molecule has 0 atom stereocenters. The van der Waals surface area contributed by atoms with E-state index in [0.29, 0.717) is 31.6 Å². The Balaban J connectivity index is 2.47. The molecule has 0 saturated carbocycles. The lowest BCUT2D eigenvalue weighted by molar-refractivity contribution is 0.0248. The Morgan fingerprint density at radius 2 is 1.79 bits per heavy atom. The number of amides is 1. The lowest BCUT2D eigenvalue weighted by atomic mass is 10.1. The van der Waals surface area contributed by atoms with E-state index in [0.717, 1.165) is 6.26 Å². The van der Waals surface area contributed by atoms with Gasteiger partial charge >= 0.3 is 16.2 Å². The monoisotopic (exact) mass is 292 g/mol.